The average molecular weight is 307 g/mol. The van der Waals surface area contributed by atoms with Crippen LogP contribution in [0.1, 0.15) is 17.3 Å². The molecule has 1 fully saturated rings. The zero-order valence-corrected chi connectivity index (χ0v) is 13.3. The van der Waals surface area contributed by atoms with Crippen LogP contribution in [0.2, 0.25) is 0 Å². The Hall–Kier alpha value is -1.95. The predicted molar refractivity (Wildman–Crippen MR) is 83.8 cm³/mol. The van der Waals surface area contributed by atoms with Gasteiger partial charge in [0.1, 0.15) is 5.82 Å². The summed E-state index contributed by atoms with van der Waals surface area (Å²) < 4.78 is 13.9. The van der Waals surface area contributed by atoms with E-state index in [1.807, 2.05) is 28.8 Å². The number of halogens is 1. The van der Waals surface area contributed by atoms with E-state index in [0.717, 1.165) is 0 Å². The van der Waals surface area contributed by atoms with Crippen molar-refractivity contribution in [3.63, 3.8) is 0 Å². The van der Waals surface area contributed by atoms with Gasteiger partial charge in [0, 0.05) is 26.2 Å². The molecule has 1 aliphatic heterocycles. The minimum atomic E-state index is -0.490. The number of amides is 1. The van der Waals surface area contributed by atoms with Crippen LogP contribution in [0.3, 0.4) is 0 Å². The Kier molecular flexibility index (Phi) is 5.13. The van der Waals surface area contributed by atoms with Gasteiger partial charge in [0.15, 0.2) is 5.78 Å². The number of carbonyl (C=O) groups is 2. The number of anilines is 1. The Morgan fingerprint density at radius 3 is 2.36 bits per heavy atom. The van der Waals surface area contributed by atoms with Crippen LogP contribution >= 0.6 is 0 Å². The van der Waals surface area contributed by atoms with E-state index in [9.17, 15) is 14.0 Å². The smallest absolute Gasteiger partial charge is 0.236 e. The molecule has 0 N–H and O–H groups in total. The van der Waals surface area contributed by atoms with Crippen LogP contribution in [0.5, 0.6) is 0 Å². The highest BCUT2D eigenvalue weighted by atomic mass is 19.1. The highest BCUT2D eigenvalue weighted by molar-refractivity contribution is 6.00. The number of hydrogen-bond donors (Lipinski definition) is 0. The maximum Gasteiger partial charge on any atom is 0.236 e. The Labute approximate surface area is 130 Å². The standard InChI is InChI=1S/C16H22FN3O2/c1-12(21)16-13(17)5-4-6-14(16)19-7-9-20(10-8-19)15(22)11-18(2)3/h4-6H,7-11H2,1-3H3. The van der Waals surface area contributed by atoms with E-state index < -0.39 is 5.82 Å². The van der Waals surface area contributed by atoms with Gasteiger partial charge in [-0.1, -0.05) is 6.07 Å². The predicted octanol–water partition coefficient (Wildman–Crippen LogP) is 1.24. The molecule has 0 saturated carbocycles. The Balaban J connectivity index is 2.08. The summed E-state index contributed by atoms with van der Waals surface area (Å²) >= 11 is 0. The minimum absolute atomic E-state index is 0.0932. The molecule has 120 valence electrons. The summed E-state index contributed by atoms with van der Waals surface area (Å²) in [5, 5.41) is 0. The molecule has 2 rings (SSSR count). The molecule has 0 atom stereocenters. The summed E-state index contributed by atoms with van der Waals surface area (Å²) in [4.78, 5) is 29.3. The molecule has 0 radical (unpaired) electrons. The van der Waals surface area contributed by atoms with Crippen molar-refractivity contribution in [2.45, 2.75) is 6.92 Å². The number of benzene rings is 1. The number of ketones is 1. The van der Waals surface area contributed by atoms with Crippen LogP contribution in [-0.2, 0) is 4.79 Å². The van der Waals surface area contributed by atoms with Gasteiger partial charge in [-0.2, -0.15) is 0 Å². The summed E-state index contributed by atoms with van der Waals surface area (Å²) in [7, 11) is 3.72. The highest BCUT2D eigenvalue weighted by Gasteiger charge is 2.24. The van der Waals surface area contributed by atoms with Crippen LogP contribution < -0.4 is 4.90 Å². The maximum absolute atomic E-state index is 13.9. The monoisotopic (exact) mass is 307 g/mol. The molecular weight excluding hydrogens is 285 g/mol. The molecule has 1 aromatic rings. The van der Waals surface area contributed by atoms with Crippen molar-refractivity contribution in [2.75, 3.05) is 51.7 Å². The number of nitrogens with zero attached hydrogens (tertiary/aromatic N) is 3. The first kappa shape index (κ1) is 16.4. The van der Waals surface area contributed by atoms with E-state index in [4.69, 9.17) is 0 Å². The molecule has 0 bridgehead atoms. The molecule has 5 nitrogen and oxygen atoms in total. The van der Waals surface area contributed by atoms with Gasteiger partial charge in [-0.15, -0.1) is 0 Å². The summed E-state index contributed by atoms with van der Waals surface area (Å²) in [6.07, 6.45) is 0. The first-order chi connectivity index (χ1) is 10.4. The molecule has 6 heteroatoms. The Morgan fingerprint density at radius 2 is 1.82 bits per heavy atom. The molecule has 0 unspecified atom stereocenters. The lowest BCUT2D eigenvalue weighted by Gasteiger charge is -2.37. The molecule has 22 heavy (non-hydrogen) atoms. The van der Waals surface area contributed by atoms with Crippen molar-refractivity contribution in [1.82, 2.24) is 9.80 Å². The number of likely N-dealkylation sites (N-methyl/N-ethyl adjacent to an activating group) is 1. The molecule has 1 amide bonds. The van der Waals surface area contributed by atoms with Gasteiger partial charge in [0.25, 0.3) is 0 Å². The second kappa shape index (κ2) is 6.87. The zero-order chi connectivity index (χ0) is 16.3. The van der Waals surface area contributed by atoms with E-state index in [1.54, 1.807) is 12.1 Å². The van der Waals surface area contributed by atoms with Gasteiger partial charge in [0.05, 0.1) is 17.8 Å². The highest BCUT2D eigenvalue weighted by Crippen LogP contribution is 2.25. The van der Waals surface area contributed by atoms with E-state index in [1.165, 1.54) is 13.0 Å². The van der Waals surface area contributed by atoms with Crippen LogP contribution in [-0.4, -0.2) is 68.3 Å². The minimum Gasteiger partial charge on any atom is -0.367 e. The summed E-state index contributed by atoms with van der Waals surface area (Å²) in [5.41, 5.74) is 0.753. The van der Waals surface area contributed by atoms with E-state index in [0.29, 0.717) is 38.4 Å². The fraction of sp³-hybridized carbons (Fsp3) is 0.500. The molecule has 1 heterocycles. The summed E-state index contributed by atoms with van der Waals surface area (Å²) in [6, 6.07) is 4.68. The number of carbonyl (C=O) groups excluding carboxylic acids is 2. The molecule has 0 spiro atoms. The molecule has 1 saturated heterocycles. The van der Waals surface area contributed by atoms with E-state index in [2.05, 4.69) is 0 Å². The largest absolute Gasteiger partial charge is 0.367 e. The lowest BCUT2D eigenvalue weighted by molar-refractivity contribution is -0.132. The van der Waals surface area contributed by atoms with Crippen LogP contribution in [0, 0.1) is 5.82 Å². The van der Waals surface area contributed by atoms with Gasteiger partial charge in [-0.05, 0) is 33.2 Å². The number of hydrogen-bond acceptors (Lipinski definition) is 4. The topological polar surface area (TPSA) is 43.9 Å². The summed E-state index contributed by atoms with van der Waals surface area (Å²) in [5.74, 6) is -0.675. The normalized spacial score (nSPS) is 15.3. The lowest BCUT2D eigenvalue weighted by Crippen LogP contribution is -2.51. The SMILES string of the molecule is CC(=O)c1c(F)cccc1N1CCN(C(=O)CN(C)C)CC1. The summed E-state index contributed by atoms with van der Waals surface area (Å²) in [6.45, 7) is 4.13. The van der Waals surface area contributed by atoms with Crippen molar-refractivity contribution in [3.05, 3.63) is 29.6 Å². The number of rotatable bonds is 4. The van der Waals surface area contributed by atoms with Gasteiger partial charge >= 0.3 is 0 Å². The maximum atomic E-state index is 13.9. The molecule has 0 aliphatic carbocycles. The van der Waals surface area contributed by atoms with Gasteiger partial charge < -0.3 is 14.7 Å². The molecule has 1 aromatic carbocycles. The van der Waals surface area contributed by atoms with Gasteiger partial charge in [-0.3, -0.25) is 9.59 Å². The second-order valence-electron chi connectivity index (χ2n) is 5.80. The molecule has 0 aromatic heterocycles. The van der Waals surface area contributed by atoms with Crippen molar-refractivity contribution in [2.24, 2.45) is 0 Å². The second-order valence-corrected chi connectivity index (χ2v) is 5.80. The number of piperazine rings is 1. The molecule has 1 aliphatic rings. The first-order valence-corrected chi connectivity index (χ1v) is 7.37. The van der Waals surface area contributed by atoms with E-state index in [-0.39, 0.29) is 17.3 Å². The third-order valence-electron chi connectivity index (χ3n) is 3.77. The van der Waals surface area contributed by atoms with Crippen LogP contribution in [0.4, 0.5) is 10.1 Å². The van der Waals surface area contributed by atoms with Crippen LogP contribution in [0.25, 0.3) is 0 Å². The Morgan fingerprint density at radius 1 is 1.18 bits per heavy atom. The van der Waals surface area contributed by atoms with Crippen molar-refractivity contribution >= 4 is 17.4 Å². The van der Waals surface area contributed by atoms with Gasteiger partial charge in [0.2, 0.25) is 5.91 Å². The fourth-order valence-corrected chi connectivity index (χ4v) is 2.69. The number of Topliss-reactive ketones (excluding diaryl/α,β-unsaturated/α-hetero) is 1. The fourth-order valence-electron chi connectivity index (χ4n) is 2.69. The lowest BCUT2D eigenvalue weighted by atomic mass is 10.1. The first-order valence-electron chi connectivity index (χ1n) is 7.37. The zero-order valence-electron chi connectivity index (χ0n) is 13.3. The third kappa shape index (κ3) is 3.62. The quantitative estimate of drug-likeness (QED) is 0.785. The molecular formula is C16H22FN3O2. The average Bonchev–Trinajstić information content (AvgIpc) is 2.46. The van der Waals surface area contributed by atoms with Gasteiger partial charge in [-0.25, -0.2) is 4.39 Å². The van der Waals surface area contributed by atoms with Crippen LogP contribution in [0.15, 0.2) is 18.2 Å². The third-order valence-corrected chi connectivity index (χ3v) is 3.77. The van der Waals surface area contributed by atoms with Crippen molar-refractivity contribution in [3.8, 4) is 0 Å². The van der Waals surface area contributed by atoms with Crippen molar-refractivity contribution in [1.29, 1.82) is 0 Å². The Bertz CT molecular complexity index is 567. The van der Waals surface area contributed by atoms with Crippen molar-refractivity contribution < 1.29 is 14.0 Å². The van der Waals surface area contributed by atoms with E-state index >= 15 is 0 Å².